The highest BCUT2D eigenvalue weighted by Crippen LogP contribution is 2.31. The molecule has 1 aromatic carbocycles. The fraction of sp³-hybridized carbons (Fsp3) is 0.0625. The van der Waals surface area contributed by atoms with Gasteiger partial charge in [0.1, 0.15) is 0 Å². The number of amides is 2. The van der Waals surface area contributed by atoms with Crippen molar-refractivity contribution in [2.75, 3.05) is 7.05 Å². The van der Waals surface area contributed by atoms with Gasteiger partial charge in [0.15, 0.2) is 0 Å². The van der Waals surface area contributed by atoms with Crippen molar-refractivity contribution in [1.29, 1.82) is 0 Å². The van der Waals surface area contributed by atoms with E-state index in [0.717, 1.165) is 28.0 Å². The summed E-state index contributed by atoms with van der Waals surface area (Å²) in [5, 5.41) is 8.64. The summed E-state index contributed by atoms with van der Waals surface area (Å²) in [4.78, 5) is 35.8. The van der Waals surface area contributed by atoms with E-state index in [1.54, 1.807) is 24.4 Å². The Morgan fingerprint density at radius 2 is 1.87 bits per heavy atom. The molecule has 116 valence electrons. The van der Waals surface area contributed by atoms with Gasteiger partial charge in [0, 0.05) is 24.6 Å². The number of hydrogen-bond acceptors (Lipinski definition) is 4. The molecule has 0 spiro atoms. The summed E-state index contributed by atoms with van der Waals surface area (Å²) in [5.41, 5.74) is 1.70. The zero-order valence-corrected chi connectivity index (χ0v) is 12.9. The van der Waals surface area contributed by atoms with Crippen LogP contribution in [-0.2, 0) is 4.79 Å². The second-order valence-electron chi connectivity index (χ2n) is 4.90. The van der Waals surface area contributed by atoms with Crippen molar-refractivity contribution < 1.29 is 19.5 Å². The number of rotatable bonds is 3. The Kier molecular flexibility index (Phi) is 3.79. The molecule has 1 fully saturated rings. The third-order valence-corrected chi connectivity index (χ3v) is 4.40. The summed E-state index contributed by atoms with van der Waals surface area (Å²) in [6.07, 6.45) is 3.46. The second kappa shape index (κ2) is 5.77. The van der Waals surface area contributed by atoms with Crippen LogP contribution in [0.25, 0.3) is 11.8 Å². The first-order chi connectivity index (χ1) is 11.0. The quantitative estimate of drug-likeness (QED) is 0.877. The molecule has 0 radical (unpaired) electrons. The standard InChI is InChI=1S/C16H12N2O4S/c1-17-14(19)13(23-16(17)22)9-12-3-2-8-18(12)11-6-4-10(5-7-11)15(20)21/h2-9H,1H3,(H,20,21)/b13-9+. The van der Waals surface area contributed by atoms with Gasteiger partial charge >= 0.3 is 5.97 Å². The number of carboxylic acids is 1. The maximum absolute atomic E-state index is 12.0. The lowest BCUT2D eigenvalue weighted by atomic mass is 10.2. The van der Waals surface area contributed by atoms with Crippen molar-refractivity contribution in [3.63, 3.8) is 0 Å². The molecule has 0 bridgehead atoms. The predicted molar refractivity (Wildman–Crippen MR) is 86.5 cm³/mol. The summed E-state index contributed by atoms with van der Waals surface area (Å²) in [5.74, 6) is -1.31. The molecule has 0 saturated carbocycles. The molecule has 0 atom stereocenters. The van der Waals surface area contributed by atoms with Crippen molar-refractivity contribution in [3.8, 4) is 5.69 Å². The van der Waals surface area contributed by atoms with E-state index in [0.29, 0.717) is 4.91 Å². The van der Waals surface area contributed by atoms with E-state index in [1.807, 2.05) is 16.7 Å². The molecule has 1 saturated heterocycles. The Balaban J connectivity index is 1.96. The molecule has 0 aliphatic carbocycles. The zero-order chi connectivity index (χ0) is 16.6. The number of aromatic nitrogens is 1. The third-order valence-electron chi connectivity index (χ3n) is 3.44. The highest BCUT2D eigenvalue weighted by Gasteiger charge is 2.31. The fourth-order valence-electron chi connectivity index (χ4n) is 2.19. The molecule has 2 heterocycles. The maximum atomic E-state index is 12.0. The molecule has 1 aromatic heterocycles. The number of hydrogen-bond donors (Lipinski definition) is 1. The first-order valence-corrected chi connectivity index (χ1v) is 7.51. The molecular formula is C16H12N2O4S. The maximum Gasteiger partial charge on any atom is 0.335 e. The van der Waals surface area contributed by atoms with Crippen LogP contribution in [0.2, 0.25) is 0 Å². The molecule has 6 nitrogen and oxygen atoms in total. The van der Waals surface area contributed by atoms with Crippen molar-refractivity contribution in [1.82, 2.24) is 9.47 Å². The van der Waals surface area contributed by atoms with Crippen LogP contribution in [0.4, 0.5) is 4.79 Å². The number of nitrogens with zero attached hydrogens (tertiary/aromatic N) is 2. The minimum Gasteiger partial charge on any atom is -0.478 e. The van der Waals surface area contributed by atoms with Crippen molar-refractivity contribution in [2.24, 2.45) is 0 Å². The lowest BCUT2D eigenvalue weighted by Crippen LogP contribution is -2.22. The Labute approximate surface area is 136 Å². The third kappa shape index (κ3) is 2.78. The number of carboxylic acid groups (broad SMARTS) is 1. The lowest BCUT2D eigenvalue weighted by molar-refractivity contribution is -0.121. The zero-order valence-electron chi connectivity index (χ0n) is 12.1. The molecule has 1 N–H and O–H groups in total. The number of benzene rings is 1. The Morgan fingerprint density at radius 1 is 1.17 bits per heavy atom. The van der Waals surface area contributed by atoms with Gasteiger partial charge in [-0.2, -0.15) is 0 Å². The van der Waals surface area contributed by atoms with Crippen LogP contribution >= 0.6 is 11.8 Å². The molecule has 3 rings (SSSR count). The largest absolute Gasteiger partial charge is 0.478 e. The Hall–Kier alpha value is -2.80. The summed E-state index contributed by atoms with van der Waals surface area (Å²) >= 11 is 0.898. The van der Waals surface area contributed by atoms with Crippen LogP contribution in [0.5, 0.6) is 0 Å². The van der Waals surface area contributed by atoms with Gasteiger partial charge in [-0.25, -0.2) is 4.79 Å². The smallest absolute Gasteiger partial charge is 0.335 e. The van der Waals surface area contributed by atoms with E-state index in [9.17, 15) is 14.4 Å². The van der Waals surface area contributed by atoms with E-state index in [2.05, 4.69) is 0 Å². The van der Waals surface area contributed by atoms with Crippen LogP contribution in [-0.4, -0.2) is 38.7 Å². The van der Waals surface area contributed by atoms with E-state index >= 15 is 0 Å². The van der Waals surface area contributed by atoms with Gasteiger partial charge in [0.25, 0.3) is 11.1 Å². The first-order valence-electron chi connectivity index (χ1n) is 6.70. The number of thioether (sulfide) groups is 1. The van der Waals surface area contributed by atoms with Crippen LogP contribution in [0.15, 0.2) is 47.5 Å². The van der Waals surface area contributed by atoms with Gasteiger partial charge in [-0.3, -0.25) is 14.5 Å². The van der Waals surface area contributed by atoms with Gasteiger partial charge in [0.2, 0.25) is 0 Å². The average Bonchev–Trinajstić information content (AvgIpc) is 3.09. The normalized spacial score (nSPS) is 16.4. The number of imide groups is 1. The van der Waals surface area contributed by atoms with Crippen LogP contribution < -0.4 is 0 Å². The number of aromatic carboxylic acids is 1. The van der Waals surface area contributed by atoms with Crippen LogP contribution in [0.3, 0.4) is 0 Å². The summed E-state index contributed by atoms with van der Waals surface area (Å²) < 4.78 is 1.81. The number of carbonyl (C=O) groups is 3. The molecule has 0 unspecified atom stereocenters. The number of carbonyl (C=O) groups excluding carboxylic acids is 2. The average molecular weight is 328 g/mol. The van der Waals surface area contributed by atoms with Crippen molar-refractivity contribution >= 4 is 35.0 Å². The first kappa shape index (κ1) is 15.1. The molecule has 2 aromatic rings. The van der Waals surface area contributed by atoms with Gasteiger partial charge in [-0.05, 0) is 54.2 Å². The molecule has 2 amide bonds. The molecule has 1 aliphatic rings. The monoisotopic (exact) mass is 328 g/mol. The minimum absolute atomic E-state index is 0.203. The fourth-order valence-corrected chi connectivity index (χ4v) is 3.00. The summed E-state index contributed by atoms with van der Waals surface area (Å²) in [6, 6.07) is 10.0. The highest BCUT2D eigenvalue weighted by atomic mass is 32.2. The topological polar surface area (TPSA) is 79.6 Å². The molecule has 1 aliphatic heterocycles. The van der Waals surface area contributed by atoms with Crippen LogP contribution in [0.1, 0.15) is 16.1 Å². The van der Waals surface area contributed by atoms with Gasteiger partial charge in [0.05, 0.1) is 10.5 Å². The van der Waals surface area contributed by atoms with Gasteiger partial charge < -0.3 is 9.67 Å². The SMILES string of the molecule is CN1C(=O)S/C(=C/c2cccn2-c2ccc(C(=O)O)cc2)C1=O. The summed E-state index contributed by atoms with van der Waals surface area (Å²) in [7, 11) is 1.45. The van der Waals surface area contributed by atoms with E-state index in [-0.39, 0.29) is 16.7 Å². The highest BCUT2D eigenvalue weighted by molar-refractivity contribution is 8.18. The lowest BCUT2D eigenvalue weighted by Gasteiger charge is -2.07. The Morgan fingerprint density at radius 3 is 2.43 bits per heavy atom. The predicted octanol–water partition coefficient (Wildman–Crippen LogP) is 2.84. The molecular weight excluding hydrogens is 316 g/mol. The van der Waals surface area contributed by atoms with Crippen LogP contribution in [0, 0.1) is 0 Å². The summed E-state index contributed by atoms with van der Waals surface area (Å²) in [6.45, 7) is 0. The van der Waals surface area contributed by atoms with E-state index in [4.69, 9.17) is 5.11 Å². The Bertz CT molecular complexity index is 836. The minimum atomic E-state index is -0.985. The molecule has 7 heteroatoms. The van der Waals surface area contributed by atoms with E-state index < -0.39 is 5.97 Å². The van der Waals surface area contributed by atoms with Gasteiger partial charge in [-0.1, -0.05) is 0 Å². The van der Waals surface area contributed by atoms with E-state index in [1.165, 1.54) is 19.2 Å². The molecule has 23 heavy (non-hydrogen) atoms. The number of likely N-dealkylation sites (N-methyl/N-ethyl adjacent to an activating group) is 1. The van der Waals surface area contributed by atoms with Gasteiger partial charge in [-0.15, -0.1) is 0 Å². The second-order valence-corrected chi connectivity index (χ2v) is 5.89. The van der Waals surface area contributed by atoms with Crippen molar-refractivity contribution in [3.05, 3.63) is 58.8 Å². The van der Waals surface area contributed by atoms with Crippen molar-refractivity contribution in [2.45, 2.75) is 0 Å².